The van der Waals surface area contributed by atoms with Crippen molar-refractivity contribution < 1.29 is 9.47 Å². The summed E-state index contributed by atoms with van der Waals surface area (Å²) >= 11 is 0. The molecule has 0 saturated carbocycles. The van der Waals surface area contributed by atoms with E-state index in [2.05, 4.69) is 6.92 Å². The van der Waals surface area contributed by atoms with E-state index in [0.717, 1.165) is 23.5 Å². The van der Waals surface area contributed by atoms with Crippen LogP contribution < -0.4 is 15.2 Å². The van der Waals surface area contributed by atoms with Gasteiger partial charge in [-0.05, 0) is 24.1 Å². The summed E-state index contributed by atoms with van der Waals surface area (Å²) in [6, 6.07) is 3.97. The maximum Gasteiger partial charge on any atom is 0.127 e. The van der Waals surface area contributed by atoms with Crippen molar-refractivity contribution in [3.63, 3.8) is 0 Å². The molecule has 0 saturated heterocycles. The van der Waals surface area contributed by atoms with Gasteiger partial charge in [0.2, 0.25) is 0 Å². The van der Waals surface area contributed by atoms with Gasteiger partial charge in [-0.1, -0.05) is 6.92 Å². The minimum atomic E-state index is -0.00889. The van der Waals surface area contributed by atoms with Crippen molar-refractivity contribution in [3.05, 3.63) is 23.3 Å². The Morgan fingerprint density at radius 2 is 2.36 bits per heavy atom. The highest BCUT2D eigenvalue weighted by Crippen LogP contribution is 2.37. The Balaban J connectivity index is 2.52. The number of fused-ring (bicyclic) bond motifs is 1. The number of hydrogen-bond donors (Lipinski definition) is 1. The Hall–Kier alpha value is -1.22. The first-order chi connectivity index (χ1) is 6.76. The van der Waals surface area contributed by atoms with E-state index in [0.29, 0.717) is 6.61 Å². The number of ether oxygens (including phenoxy) is 2. The molecule has 3 nitrogen and oxygen atoms in total. The molecule has 1 aromatic carbocycles. The van der Waals surface area contributed by atoms with Gasteiger partial charge in [-0.3, -0.25) is 0 Å². The van der Waals surface area contributed by atoms with E-state index in [4.69, 9.17) is 15.2 Å². The highest BCUT2D eigenvalue weighted by Gasteiger charge is 2.23. The van der Waals surface area contributed by atoms with Crippen LogP contribution in [-0.2, 0) is 6.42 Å². The fourth-order valence-electron chi connectivity index (χ4n) is 1.78. The highest BCUT2D eigenvalue weighted by molar-refractivity contribution is 5.50. The molecule has 0 radical (unpaired) electrons. The summed E-state index contributed by atoms with van der Waals surface area (Å²) in [7, 11) is 1.67. The molecule has 1 aromatic rings. The number of rotatable bonds is 2. The molecular formula is C11H15NO2. The minimum Gasteiger partial charge on any atom is -0.497 e. The predicted molar refractivity (Wildman–Crippen MR) is 54.8 cm³/mol. The maximum absolute atomic E-state index is 5.91. The lowest BCUT2D eigenvalue weighted by Gasteiger charge is -2.09. The lowest BCUT2D eigenvalue weighted by molar-refractivity contribution is 0.330. The fraction of sp³-hybridized carbons (Fsp3) is 0.455. The largest absolute Gasteiger partial charge is 0.497 e. The van der Waals surface area contributed by atoms with Gasteiger partial charge in [0.15, 0.2) is 0 Å². The zero-order chi connectivity index (χ0) is 10.1. The van der Waals surface area contributed by atoms with Crippen molar-refractivity contribution in [1.29, 1.82) is 0 Å². The van der Waals surface area contributed by atoms with Crippen molar-refractivity contribution in [3.8, 4) is 11.5 Å². The Bertz CT molecular complexity index is 349. The van der Waals surface area contributed by atoms with Crippen LogP contribution in [0.25, 0.3) is 0 Å². The van der Waals surface area contributed by atoms with Crippen molar-refractivity contribution in [2.75, 3.05) is 13.7 Å². The molecule has 2 N–H and O–H groups in total. The molecule has 0 fully saturated rings. The molecular weight excluding hydrogens is 178 g/mol. The molecule has 0 amide bonds. The maximum atomic E-state index is 5.91. The Morgan fingerprint density at radius 1 is 1.57 bits per heavy atom. The van der Waals surface area contributed by atoms with Crippen LogP contribution in [0.15, 0.2) is 12.1 Å². The van der Waals surface area contributed by atoms with Crippen molar-refractivity contribution >= 4 is 0 Å². The number of aryl methyl sites for hydroxylation is 1. The van der Waals surface area contributed by atoms with Crippen molar-refractivity contribution in [1.82, 2.24) is 0 Å². The third kappa shape index (κ3) is 1.34. The van der Waals surface area contributed by atoms with Crippen LogP contribution in [0, 0.1) is 0 Å². The SMILES string of the molecule is CCc1cc(OC)cc2c1OCC2N. The van der Waals surface area contributed by atoms with Crippen LogP contribution in [0.4, 0.5) is 0 Å². The van der Waals surface area contributed by atoms with Crippen molar-refractivity contribution in [2.45, 2.75) is 19.4 Å². The molecule has 0 bridgehead atoms. The summed E-state index contributed by atoms with van der Waals surface area (Å²) in [5.41, 5.74) is 8.16. The topological polar surface area (TPSA) is 44.5 Å². The van der Waals surface area contributed by atoms with Crippen molar-refractivity contribution in [2.24, 2.45) is 5.73 Å². The van der Waals surface area contributed by atoms with Crippen LogP contribution in [0.3, 0.4) is 0 Å². The molecule has 14 heavy (non-hydrogen) atoms. The van der Waals surface area contributed by atoms with Gasteiger partial charge < -0.3 is 15.2 Å². The van der Waals surface area contributed by atoms with Gasteiger partial charge >= 0.3 is 0 Å². The molecule has 3 heteroatoms. The second-order valence-electron chi connectivity index (χ2n) is 3.48. The van der Waals surface area contributed by atoms with E-state index in [-0.39, 0.29) is 6.04 Å². The highest BCUT2D eigenvalue weighted by atomic mass is 16.5. The van der Waals surface area contributed by atoms with Crippen LogP contribution in [0.1, 0.15) is 24.1 Å². The first kappa shape index (κ1) is 9.34. The Labute approximate surface area is 83.8 Å². The number of nitrogens with two attached hydrogens (primary N) is 1. The summed E-state index contributed by atoms with van der Waals surface area (Å²) in [6.45, 7) is 2.68. The summed E-state index contributed by atoms with van der Waals surface area (Å²) in [6.07, 6.45) is 0.937. The lowest BCUT2D eigenvalue weighted by Crippen LogP contribution is -2.10. The molecule has 1 heterocycles. The fourth-order valence-corrected chi connectivity index (χ4v) is 1.78. The zero-order valence-electron chi connectivity index (χ0n) is 8.54. The van der Waals surface area contributed by atoms with Gasteiger partial charge in [-0.2, -0.15) is 0 Å². The molecule has 1 atom stereocenters. The summed E-state index contributed by atoms with van der Waals surface area (Å²) < 4.78 is 10.8. The second kappa shape index (κ2) is 3.50. The number of hydrogen-bond acceptors (Lipinski definition) is 3. The van der Waals surface area contributed by atoms with E-state index < -0.39 is 0 Å². The van der Waals surface area contributed by atoms with Crippen LogP contribution in [0.5, 0.6) is 11.5 Å². The van der Waals surface area contributed by atoms with E-state index in [1.807, 2.05) is 12.1 Å². The molecule has 1 aliphatic heterocycles. The molecule has 1 aliphatic rings. The van der Waals surface area contributed by atoms with Crippen LogP contribution >= 0.6 is 0 Å². The molecule has 0 aliphatic carbocycles. The van der Waals surface area contributed by atoms with Gasteiger partial charge in [0.25, 0.3) is 0 Å². The van der Waals surface area contributed by atoms with Gasteiger partial charge in [0.1, 0.15) is 18.1 Å². The van der Waals surface area contributed by atoms with Gasteiger partial charge in [0, 0.05) is 5.56 Å². The normalized spacial score (nSPS) is 18.9. The smallest absolute Gasteiger partial charge is 0.127 e. The first-order valence-corrected chi connectivity index (χ1v) is 4.85. The molecule has 0 aromatic heterocycles. The summed E-state index contributed by atoms with van der Waals surface area (Å²) in [4.78, 5) is 0. The van der Waals surface area contributed by atoms with E-state index in [9.17, 15) is 0 Å². The monoisotopic (exact) mass is 193 g/mol. The number of benzene rings is 1. The third-order valence-electron chi connectivity index (χ3n) is 2.59. The van der Waals surface area contributed by atoms with Gasteiger partial charge in [-0.25, -0.2) is 0 Å². The zero-order valence-corrected chi connectivity index (χ0v) is 8.54. The standard InChI is InChI=1S/C11H15NO2/c1-3-7-4-8(13-2)5-9-10(12)6-14-11(7)9/h4-5,10H,3,6,12H2,1-2H3. The van der Waals surface area contributed by atoms with E-state index in [1.54, 1.807) is 7.11 Å². The summed E-state index contributed by atoms with van der Waals surface area (Å²) in [5, 5.41) is 0. The second-order valence-corrected chi connectivity index (χ2v) is 3.48. The quantitative estimate of drug-likeness (QED) is 0.776. The molecule has 1 unspecified atom stereocenters. The van der Waals surface area contributed by atoms with Gasteiger partial charge in [0.05, 0.1) is 13.2 Å². The average Bonchev–Trinajstić information content (AvgIpc) is 2.59. The van der Waals surface area contributed by atoms with Crippen LogP contribution in [-0.4, -0.2) is 13.7 Å². The predicted octanol–water partition coefficient (Wildman–Crippen LogP) is 1.65. The average molecular weight is 193 g/mol. The molecule has 76 valence electrons. The summed E-state index contributed by atoms with van der Waals surface area (Å²) in [5.74, 6) is 1.82. The Morgan fingerprint density at radius 3 is 3.00 bits per heavy atom. The van der Waals surface area contributed by atoms with Crippen LogP contribution in [0.2, 0.25) is 0 Å². The molecule has 2 rings (SSSR count). The van der Waals surface area contributed by atoms with E-state index in [1.165, 1.54) is 5.56 Å². The van der Waals surface area contributed by atoms with Gasteiger partial charge in [-0.15, -0.1) is 0 Å². The molecule has 0 spiro atoms. The lowest BCUT2D eigenvalue weighted by atomic mass is 10.0. The first-order valence-electron chi connectivity index (χ1n) is 4.85. The minimum absolute atomic E-state index is 0.00889. The number of methoxy groups -OCH3 is 1. The Kier molecular flexibility index (Phi) is 2.33. The van der Waals surface area contributed by atoms with E-state index >= 15 is 0 Å². The third-order valence-corrected chi connectivity index (χ3v) is 2.59.